The molecule has 6 heteroatoms. The van der Waals surface area contributed by atoms with E-state index in [1.54, 1.807) is 0 Å². The molecule has 0 aromatic heterocycles. The number of carbonyl (C=O) groups excluding carboxylic acids is 1. The van der Waals surface area contributed by atoms with Crippen molar-refractivity contribution in [3.63, 3.8) is 0 Å². The van der Waals surface area contributed by atoms with E-state index in [4.69, 9.17) is 14.2 Å². The molecular weight excluding hydrogens is 324 g/mol. The summed E-state index contributed by atoms with van der Waals surface area (Å²) < 4.78 is 16.6. The maximum absolute atomic E-state index is 11.9. The van der Waals surface area contributed by atoms with Gasteiger partial charge in [0.25, 0.3) is 0 Å². The molecule has 0 amide bonds. The molecule has 2 fully saturated rings. The summed E-state index contributed by atoms with van der Waals surface area (Å²) in [6.07, 6.45) is -0.0738. The van der Waals surface area contributed by atoms with Gasteiger partial charge >= 0.3 is 5.97 Å². The minimum absolute atomic E-state index is 0.123. The van der Waals surface area contributed by atoms with Gasteiger partial charge in [0.05, 0.1) is 24.2 Å². The van der Waals surface area contributed by atoms with E-state index < -0.39 is 24.6 Å². The van der Waals surface area contributed by atoms with Crippen molar-refractivity contribution in [2.45, 2.75) is 76.8 Å². The first kappa shape index (κ1) is 20.1. The van der Waals surface area contributed by atoms with Gasteiger partial charge in [-0.15, -0.1) is 6.58 Å². The lowest BCUT2D eigenvalue weighted by atomic mass is 10.0. The lowest BCUT2D eigenvalue weighted by molar-refractivity contribution is -0.267. The Morgan fingerprint density at radius 1 is 1.36 bits per heavy atom. The average molecular weight is 354 g/mol. The third kappa shape index (κ3) is 5.14. The molecule has 0 spiro atoms. The van der Waals surface area contributed by atoms with Crippen molar-refractivity contribution < 1.29 is 29.2 Å². The summed E-state index contributed by atoms with van der Waals surface area (Å²) in [5.41, 5.74) is 0.918. The van der Waals surface area contributed by atoms with E-state index in [-0.39, 0.29) is 36.4 Å². The van der Waals surface area contributed by atoms with Crippen LogP contribution in [0.5, 0.6) is 0 Å². The number of aliphatic hydroxyl groups excluding tert-OH is 2. The molecule has 0 aromatic rings. The highest BCUT2D eigenvalue weighted by molar-refractivity contribution is 5.82. The summed E-state index contributed by atoms with van der Waals surface area (Å²) in [6.45, 7) is 13.1. The Bertz CT molecular complexity index is 502. The lowest BCUT2D eigenvalue weighted by Crippen LogP contribution is -2.48. The maximum Gasteiger partial charge on any atom is 0.313 e. The molecule has 2 N–H and O–H groups in total. The molecule has 0 radical (unpaired) electrons. The minimum Gasteiger partial charge on any atom is -0.462 e. The molecular formula is C19H30O6. The number of esters is 1. The normalized spacial score (nSPS) is 36.2. The lowest BCUT2D eigenvalue weighted by Gasteiger charge is -2.36. The fourth-order valence-electron chi connectivity index (χ4n) is 3.23. The second kappa shape index (κ2) is 8.45. The largest absolute Gasteiger partial charge is 0.462 e. The van der Waals surface area contributed by atoms with Gasteiger partial charge in [-0.1, -0.05) is 18.2 Å². The van der Waals surface area contributed by atoms with Crippen LogP contribution in [0.4, 0.5) is 0 Å². The summed E-state index contributed by atoms with van der Waals surface area (Å²) in [5.74, 6) is -0.268. The van der Waals surface area contributed by atoms with Gasteiger partial charge in [0.1, 0.15) is 12.2 Å². The fraction of sp³-hybridized carbons (Fsp3) is 0.737. The third-order valence-corrected chi connectivity index (χ3v) is 4.73. The van der Waals surface area contributed by atoms with E-state index in [0.29, 0.717) is 6.42 Å². The Morgan fingerprint density at radius 3 is 2.64 bits per heavy atom. The van der Waals surface area contributed by atoms with Crippen LogP contribution in [0.3, 0.4) is 0 Å². The molecule has 0 unspecified atom stereocenters. The highest BCUT2D eigenvalue weighted by Gasteiger charge is 2.48. The Balaban J connectivity index is 1.76. The van der Waals surface area contributed by atoms with E-state index in [2.05, 4.69) is 13.2 Å². The molecule has 1 aliphatic heterocycles. The molecule has 25 heavy (non-hydrogen) atoms. The Hall–Kier alpha value is -1.21. The minimum atomic E-state index is -0.877. The molecule has 1 aliphatic carbocycles. The first-order valence-electron chi connectivity index (χ1n) is 8.93. The van der Waals surface area contributed by atoms with E-state index in [0.717, 1.165) is 12.0 Å². The predicted octanol–water partition coefficient (Wildman–Crippen LogP) is 1.95. The second-order valence-corrected chi connectivity index (χ2v) is 7.24. The zero-order valence-electron chi connectivity index (χ0n) is 15.3. The van der Waals surface area contributed by atoms with Gasteiger partial charge < -0.3 is 24.4 Å². The van der Waals surface area contributed by atoms with Crippen molar-refractivity contribution in [2.24, 2.45) is 11.8 Å². The summed E-state index contributed by atoms with van der Waals surface area (Å²) in [6, 6.07) is 0. The highest BCUT2D eigenvalue weighted by atomic mass is 16.7. The monoisotopic (exact) mass is 354 g/mol. The fourth-order valence-corrected chi connectivity index (χ4v) is 3.23. The third-order valence-electron chi connectivity index (χ3n) is 4.73. The molecule has 6 nitrogen and oxygen atoms in total. The number of hydrogen-bond acceptors (Lipinski definition) is 6. The average Bonchev–Trinajstić information content (AvgIpc) is 3.17. The highest BCUT2D eigenvalue weighted by Crippen LogP contribution is 2.48. The molecule has 1 saturated heterocycles. The SMILES string of the molecule is C=C[C@@H]1O[C@@H](O[C@H](C)CC[C@H]2C(=C)[C@H]2C(=O)OC(C)C)[C@H](O)C[C@H]1O. The number of rotatable bonds is 8. The van der Waals surface area contributed by atoms with Crippen LogP contribution in [0.1, 0.15) is 40.0 Å². The summed E-state index contributed by atoms with van der Waals surface area (Å²) in [5, 5.41) is 19.8. The van der Waals surface area contributed by atoms with Gasteiger partial charge in [0.15, 0.2) is 6.29 Å². The number of aliphatic hydroxyl groups is 2. The summed E-state index contributed by atoms with van der Waals surface area (Å²) in [4.78, 5) is 11.9. The van der Waals surface area contributed by atoms with E-state index in [1.165, 1.54) is 6.08 Å². The van der Waals surface area contributed by atoms with Gasteiger partial charge in [-0.05, 0) is 39.5 Å². The van der Waals surface area contributed by atoms with Crippen molar-refractivity contribution >= 4 is 5.97 Å². The number of carbonyl (C=O) groups is 1. The zero-order chi connectivity index (χ0) is 18.7. The standard InChI is InChI=1S/C19H30O6/c1-6-16-14(20)9-15(21)19(25-16)24-11(4)7-8-13-12(5)17(13)18(22)23-10(2)3/h6,10-11,13-17,19-21H,1,5,7-9H2,2-4H3/t11-,13+,14-,15-,16+,17-,19-/m1/s1. The number of hydrogen-bond donors (Lipinski definition) is 2. The smallest absolute Gasteiger partial charge is 0.313 e. The molecule has 2 aliphatic rings. The van der Waals surface area contributed by atoms with Gasteiger partial charge in [-0.2, -0.15) is 0 Å². The van der Waals surface area contributed by atoms with Crippen molar-refractivity contribution in [3.05, 3.63) is 24.8 Å². The molecule has 2 rings (SSSR count). The van der Waals surface area contributed by atoms with Crippen LogP contribution in [0, 0.1) is 11.8 Å². The van der Waals surface area contributed by atoms with Crippen molar-refractivity contribution in [2.75, 3.05) is 0 Å². The number of ether oxygens (including phenoxy) is 3. The van der Waals surface area contributed by atoms with Gasteiger partial charge in [-0.25, -0.2) is 0 Å². The Kier molecular flexibility index (Phi) is 6.79. The van der Waals surface area contributed by atoms with Crippen LogP contribution in [0.2, 0.25) is 0 Å². The van der Waals surface area contributed by atoms with Crippen molar-refractivity contribution in [3.8, 4) is 0 Å². The molecule has 1 heterocycles. The molecule has 7 atom stereocenters. The van der Waals surface area contributed by atoms with Crippen molar-refractivity contribution in [1.29, 1.82) is 0 Å². The first-order valence-corrected chi connectivity index (χ1v) is 8.93. The first-order chi connectivity index (χ1) is 11.7. The van der Waals surface area contributed by atoms with Gasteiger partial charge in [0.2, 0.25) is 0 Å². The summed E-state index contributed by atoms with van der Waals surface area (Å²) in [7, 11) is 0. The predicted molar refractivity (Wildman–Crippen MR) is 92.6 cm³/mol. The molecule has 0 aromatic carbocycles. The van der Waals surface area contributed by atoms with Crippen LogP contribution in [0.25, 0.3) is 0 Å². The Morgan fingerprint density at radius 2 is 2.04 bits per heavy atom. The Labute approximate surface area is 149 Å². The van der Waals surface area contributed by atoms with Gasteiger partial charge in [0, 0.05) is 6.42 Å². The van der Waals surface area contributed by atoms with Crippen LogP contribution in [-0.2, 0) is 19.0 Å². The van der Waals surface area contributed by atoms with Crippen LogP contribution >= 0.6 is 0 Å². The van der Waals surface area contributed by atoms with Gasteiger partial charge in [-0.3, -0.25) is 4.79 Å². The van der Waals surface area contributed by atoms with Crippen LogP contribution in [-0.4, -0.2) is 53.0 Å². The second-order valence-electron chi connectivity index (χ2n) is 7.24. The molecule has 0 bridgehead atoms. The van der Waals surface area contributed by atoms with Crippen molar-refractivity contribution in [1.82, 2.24) is 0 Å². The molecule has 142 valence electrons. The summed E-state index contributed by atoms with van der Waals surface area (Å²) >= 11 is 0. The maximum atomic E-state index is 11.9. The quantitative estimate of drug-likeness (QED) is 0.512. The van der Waals surface area contributed by atoms with Crippen LogP contribution < -0.4 is 0 Å². The van der Waals surface area contributed by atoms with E-state index in [9.17, 15) is 15.0 Å². The molecule has 1 saturated carbocycles. The van der Waals surface area contributed by atoms with E-state index >= 15 is 0 Å². The topological polar surface area (TPSA) is 85.2 Å². The zero-order valence-corrected chi connectivity index (χ0v) is 15.3. The van der Waals surface area contributed by atoms with Crippen LogP contribution in [0.15, 0.2) is 24.8 Å². The van der Waals surface area contributed by atoms with E-state index in [1.807, 2.05) is 20.8 Å².